The van der Waals surface area contributed by atoms with Gasteiger partial charge in [-0.1, -0.05) is 24.6 Å². The second-order valence-corrected chi connectivity index (χ2v) is 6.63. The lowest BCUT2D eigenvalue weighted by Crippen LogP contribution is -2.23. The molecule has 0 spiro atoms. The minimum absolute atomic E-state index is 0.307. The fraction of sp³-hybridized carbons (Fsp3) is 0.421. The molecule has 3 rings (SSSR count). The van der Waals surface area contributed by atoms with E-state index in [9.17, 15) is 8.78 Å². The van der Waals surface area contributed by atoms with Crippen LogP contribution in [0.4, 0.5) is 14.5 Å². The molecule has 2 aromatic rings. The van der Waals surface area contributed by atoms with Gasteiger partial charge in [-0.25, -0.2) is 9.37 Å². The van der Waals surface area contributed by atoms with Crippen molar-refractivity contribution >= 4 is 17.3 Å². The summed E-state index contributed by atoms with van der Waals surface area (Å²) < 4.78 is 33.4. The van der Waals surface area contributed by atoms with E-state index in [0.29, 0.717) is 35.2 Å². The summed E-state index contributed by atoms with van der Waals surface area (Å²) in [7, 11) is 0. The number of pyridine rings is 1. The van der Waals surface area contributed by atoms with Crippen molar-refractivity contribution in [2.75, 3.05) is 25.1 Å². The quantitative estimate of drug-likeness (QED) is 0.749. The van der Waals surface area contributed by atoms with Crippen LogP contribution >= 0.6 is 11.6 Å². The van der Waals surface area contributed by atoms with E-state index < -0.39 is 5.95 Å². The van der Waals surface area contributed by atoms with Crippen molar-refractivity contribution < 1.29 is 13.5 Å². The highest BCUT2D eigenvalue weighted by Crippen LogP contribution is 2.36. The molecular weight excluding hydrogens is 346 g/mol. The van der Waals surface area contributed by atoms with Gasteiger partial charge < -0.3 is 10.1 Å². The summed E-state index contributed by atoms with van der Waals surface area (Å²) in [5.41, 5.74) is 2.52. The molecule has 25 heavy (non-hydrogen) atoms. The molecule has 0 aliphatic carbocycles. The van der Waals surface area contributed by atoms with Crippen molar-refractivity contribution in [1.29, 1.82) is 0 Å². The molecule has 0 radical (unpaired) electrons. The van der Waals surface area contributed by atoms with Crippen LogP contribution in [0.5, 0.6) is 0 Å². The number of halogens is 3. The molecule has 0 saturated carbocycles. The summed E-state index contributed by atoms with van der Waals surface area (Å²) in [6.07, 6.45) is 3.82. The van der Waals surface area contributed by atoms with E-state index >= 15 is 0 Å². The predicted molar refractivity (Wildman–Crippen MR) is 96.0 cm³/mol. The van der Waals surface area contributed by atoms with Crippen LogP contribution in [0.3, 0.4) is 0 Å². The Bertz CT molecular complexity index is 748. The lowest BCUT2D eigenvalue weighted by atomic mass is 9.95. The first-order valence-corrected chi connectivity index (χ1v) is 8.92. The SMILES string of the molecule is CCc1c(-c2cc(F)ncc2Cl)ccc(F)c1NCC1CCOCC1. The standard InChI is InChI=1S/C19H21ClF2N2O/c1-2-13-14(15-9-18(22)23-11-16(15)20)3-4-17(21)19(13)24-10-12-5-7-25-8-6-12/h3-4,9,11-12,24H,2,5-8,10H2,1H3. The molecule has 0 unspecified atom stereocenters. The normalized spacial score (nSPS) is 15.4. The highest BCUT2D eigenvalue weighted by molar-refractivity contribution is 6.33. The molecule has 1 aliphatic rings. The van der Waals surface area contributed by atoms with Gasteiger partial charge in [-0.05, 0) is 42.4 Å². The van der Waals surface area contributed by atoms with Gasteiger partial charge in [0, 0.05) is 37.6 Å². The second kappa shape index (κ2) is 8.11. The first-order chi connectivity index (χ1) is 12.1. The van der Waals surface area contributed by atoms with Gasteiger partial charge in [-0.15, -0.1) is 0 Å². The Balaban J connectivity index is 1.93. The number of aromatic nitrogens is 1. The van der Waals surface area contributed by atoms with Crippen molar-refractivity contribution in [2.24, 2.45) is 5.92 Å². The van der Waals surface area contributed by atoms with Gasteiger partial charge in [-0.2, -0.15) is 4.39 Å². The van der Waals surface area contributed by atoms with Crippen LogP contribution in [0.1, 0.15) is 25.3 Å². The van der Waals surface area contributed by atoms with E-state index in [1.807, 2.05) is 6.92 Å². The van der Waals surface area contributed by atoms with Crippen molar-refractivity contribution in [3.05, 3.63) is 46.7 Å². The highest BCUT2D eigenvalue weighted by atomic mass is 35.5. The van der Waals surface area contributed by atoms with E-state index in [-0.39, 0.29) is 5.82 Å². The Morgan fingerprint density at radius 2 is 2.00 bits per heavy atom. The molecule has 0 atom stereocenters. The number of anilines is 1. The van der Waals surface area contributed by atoms with Gasteiger partial charge in [-0.3, -0.25) is 0 Å². The largest absolute Gasteiger partial charge is 0.382 e. The van der Waals surface area contributed by atoms with Crippen molar-refractivity contribution in [3.63, 3.8) is 0 Å². The van der Waals surface area contributed by atoms with Crippen molar-refractivity contribution in [1.82, 2.24) is 4.98 Å². The summed E-state index contributed by atoms with van der Waals surface area (Å²) in [6.45, 7) is 4.14. The Morgan fingerprint density at radius 3 is 2.72 bits per heavy atom. The summed E-state index contributed by atoms with van der Waals surface area (Å²) in [5, 5.41) is 3.61. The van der Waals surface area contributed by atoms with Crippen molar-refractivity contribution in [2.45, 2.75) is 26.2 Å². The summed E-state index contributed by atoms with van der Waals surface area (Å²) in [5.74, 6) is -0.454. The topological polar surface area (TPSA) is 34.2 Å². The van der Waals surface area contributed by atoms with Gasteiger partial charge in [0.05, 0.1) is 10.7 Å². The van der Waals surface area contributed by atoms with Crippen LogP contribution in [0.25, 0.3) is 11.1 Å². The number of nitrogens with zero attached hydrogens (tertiary/aromatic N) is 1. The van der Waals surface area contributed by atoms with E-state index in [1.54, 1.807) is 6.07 Å². The third-order valence-electron chi connectivity index (χ3n) is 4.64. The predicted octanol–water partition coefficient (Wildman–Crippen LogP) is 5.08. The molecule has 1 aliphatic heterocycles. The fourth-order valence-corrected chi connectivity index (χ4v) is 3.45. The number of ether oxygens (including phenoxy) is 1. The monoisotopic (exact) mass is 366 g/mol. The Hall–Kier alpha value is -1.72. The molecular formula is C19H21ClF2N2O. The van der Waals surface area contributed by atoms with Crippen LogP contribution in [0.15, 0.2) is 24.4 Å². The maximum atomic E-state index is 14.5. The Morgan fingerprint density at radius 1 is 1.24 bits per heavy atom. The third-order valence-corrected chi connectivity index (χ3v) is 4.94. The van der Waals surface area contributed by atoms with Gasteiger partial charge in [0.25, 0.3) is 0 Å². The maximum Gasteiger partial charge on any atom is 0.213 e. The molecule has 1 aromatic carbocycles. The molecule has 1 N–H and O–H groups in total. The molecule has 2 heterocycles. The third kappa shape index (κ3) is 4.10. The number of nitrogens with one attached hydrogen (secondary N) is 1. The molecule has 134 valence electrons. The zero-order valence-corrected chi connectivity index (χ0v) is 14.9. The highest BCUT2D eigenvalue weighted by Gasteiger charge is 2.19. The van der Waals surface area contributed by atoms with E-state index in [1.165, 1.54) is 18.3 Å². The summed E-state index contributed by atoms with van der Waals surface area (Å²) in [6, 6.07) is 4.33. The molecule has 1 fully saturated rings. The lowest BCUT2D eigenvalue weighted by molar-refractivity contribution is 0.0699. The van der Waals surface area contributed by atoms with Crippen LogP contribution < -0.4 is 5.32 Å². The average Bonchev–Trinajstić information content (AvgIpc) is 2.63. The van der Waals surface area contributed by atoms with Crippen LogP contribution in [0.2, 0.25) is 5.02 Å². The maximum absolute atomic E-state index is 14.5. The summed E-state index contributed by atoms with van der Waals surface area (Å²) >= 11 is 6.19. The van der Waals surface area contributed by atoms with Crippen LogP contribution in [-0.2, 0) is 11.2 Å². The molecule has 3 nitrogen and oxygen atoms in total. The average molecular weight is 367 g/mol. The molecule has 0 amide bonds. The molecule has 1 aromatic heterocycles. The molecule has 1 saturated heterocycles. The lowest BCUT2D eigenvalue weighted by Gasteiger charge is -2.24. The molecule has 0 bridgehead atoms. The Labute approximate surface area is 151 Å². The second-order valence-electron chi connectivity index (χ2n) is 6.23. The van der Waals surface area contributed by atoms with Gasteiger partial charge in [0.2, 0.25) is 5.95 Å². The zero-order valence-electron chi connectivity index (χ0n) is 14.1. The van der Waals surface area contributed by atoms with E-state index in [0.717, 1.165) is 37.2 Å². The minimum atomic E-state index is -0.609. The van der Waals surface area contributed by atoms with E-state index in [2.05, 4.69) is 10.3 Å². The smallest absolute Gasteiger partial charge is 0.213 e. The first kappa shape index (κ1) is 18.1. The molecule has 6 heteroatoms. The van der Waals surface area contributed by atoms with Crippen LogP contribution in [0, 0.1) is 17.7 Å². The fourth-order valence-electron chi connectivity index (χ4n) is 3.25. The summed E-state index contributed by atoms with van der Waals surface area (Å²) in [4.78, 5) is 3.56. The zero-order chi connectivity index (χ0) is 17.8. The minimum Gasteiger partial charge on any atom is -0.382 e. The number of benzene rings is 1. The first-order valence-electron chi connectivity index (χ1n) is 8.54. The van der Waals surface area contributed by atoms with E-state index in [4.69, 9.17) is 16.3 Å². The van der Waals surface area contributed by atoms with Gasteiger partial charge in [0.1, 0.15) is 5.82 Å². The van der Waals surface area contributed by atoms with Gasteiger partial charge >= 0.3 is 0 Å². The van der Waals surface area contributed by atoms with Crippen LogP contribution in [-0.4, -0.2) is 24.7 Å². The van der Waals surface area contributed by atoms with Crippen molar-refractivity contribution in [3.8, 4) is 11.1 Å². The number of hydrogen-bond acceptors (Lipinski definition) is 3. The Kier molecular flexibility index (Phi) is 5.86. The number of rotatable bonds is 5. The van der Waals surface area contributed by atoms with Gasteiger partial charge in [0.15, 0.2) is 0 Å². The number of hydrogen-bond donors (Lipinski definition) is 1.